The van der Waals surface area contributed by atoms with Crippen molar-refractivity contribution in [2.45, 2.75) is 339 Å². The van der Waals surface area contributed by atoms with Crippen molar-refractivity contribution >= 4 is 11.9 Å². The molecule has 80 heavy (non-hydrogen) atoms. The maximum Gasteiger partial charge on any atom is 0.306 e. The molecule has 1 saturated heterocycles. The van der Waals surface area contributed by atoms with Crippen LogP contribution < -0.4 is 5.32 Å². The Balaban J connectivity index is 2.60. The van der Waals surface area contributed by atoms with E-state index in [0.717, 1.165) is 96.3 Å². The second-order valence-electron chi connectivity index (χ2n) is 22.9. The molecule has 0 aromatic heterocycles. The minimum atomic E-state index is -1.62. The first-order valence-corrected chi connectivity index (χ1v) is 33.2. The molecule has 1 amide bonds. The first-order chi connectivity index (χ1) is 39.2. The summed E-state index contributed by atoms with van der Waals surface area (Å²) < 4.78 is 17.6. The molecule has 11 nitrogen and oxygen atoms in total. The molecule has 8 unspecified atom stereocenters. The third-order valence-corrected chi connectivity index (χ3v) is 15.4. The van der Waals surface area contributed by atoms with Crippen LogP contribution in [0.3, 0.4) is 0 Å². The summed E-state index contributed by atoms with van der Waals surface area (Å²) in [6, 6.07) is -1.03. The zero-order chi connectivity index (χ0) is 58.2. The predicted octanol–water partition coefficient (Wildman–Crippen LogP) is 16.3. The van der Waals surface area contributed by atoms with Crippen LogP contribution in [0.2, 0.25) is 0 Å². The second-order valence-corrected chi connectivity index (χ2v) is 22.9. The van der Waals surface area contributed by atoms with Crippen LogP contribution in [0.1, 0.15) is 290 Å². The van der Waals surface area contributed by atoms with Crippen LogP contribution in [-0.2, 0) is 23.8 Å². The quantitative estimate of drug-likeness (QED) is 0.0149. The molecule has 0 bridgehead atoms. The predicted molar refractivity (Wildman–Crippen MR) is 333 cm³/mol. The first-order valence-electron chi connectivity index (χ1n) is 33.2. The summed E-state index contributed by atoms with van der Waals surface area (Å²) in [5, 5.41) is 57.1. The molecule has 0 aliphatic carbocycles. The number of unbranched alkanes of at least 4 members (excludes halogenated alkanes) is 34. The number of rotatable bonds is 56. The van der Waals surface area contributed by atoms with Crippen molar-refractivity contribution in [1.29, 1.82) is 0 Å². The van der Waals surface area contributed by atoms with Crippen molar-refractivity contribution in [3.8, 4) is 0 Å². The van der Waals surface area contributed by atoms with Crippen LogP contribution in [-0.4, -0.2) is 99.6 Å². The molecule has 1 rings (SSSR count). The number of amides is 1. The van der Waals surface area contributed by atoms with Crippen molar-refractivity contribution < 1.29 is 49.3 Å². The lowest BCUT2D eigenvalue weighted by atomic mass is 9.99. The summed E-state index contributed by atoms with van der Waals surface area (Å²) in [6.45, 7) is 5.64. The fourth-order valence-corrected chi connectivity index (χ4v) is 10.2. The zero-order valence-corrected chi connectivity index (χ0v) is 51.4. The van der Waals surface area contributed by atoms with E-state index >= 15 is 0 Å². The third kappa shape index (κ3) is 43.7. The molecular weight excluding hydrogens is 1000 g/mol. The summed E-state index contributed by atoms with van der Waals surface area (Å²) in [6.07, 6.45) is 62.3. The van der Waals surface area contributed by atoms with E-state index in [2.05, 4.69) is 80.8 Å². The van der Waals surface area contributed by atoms with Gasteiger partial charge in [-0.3, -0.25) is 9.59 Å². The van der Waals surface area contributed by atoms with Gasteiger partial charge in [0.15, 0.2) is 12.4 Å². The number of hydrogen-bond acceptors (Lipinski definition) is 10. The summed E-state index contributed by atoms with van der Waals surface area (Å²) in [5.74, 6) is -1.20. The van der Waals surface area contributed by atoms with E-state index < -0.39 is 67.4 Å². The van der Waals surface area contributed by atoms with Gasteiger partial charge in [0.05, 0.1) is 25.4 Å². The van der Waals surface area contributed by atoms with Crippen LogP contribution in [0.15, 0.2) is 72.9 Å². The molecule has 0 spiro atoms. The molecule has 1 aliphatic rings. The second kappa shape index (κ2) is 56.6. The molecule has 11 heteroatoms. The SMILES string of the molecule is CC/C=C/C=C/C=C/CCCCCCCCCC(=O)OC1C(OCC(NC(=O)C(O)CCCCCCCCCCCCCCCC/C=C\C/C=C\CCCCC)C(O)/C=C/CCCCCCCCCCCC)OC(CO)C(O)C1O. The van der Waals surface area contributed by atoms with Gasteiger partial charge in [0.1, 0.15) is 24.4 Å². The maximum atomic E-state index is 13.5. The highest BCUT2D eigenvalue weighted by atomic mass is 16.7. The highest BCUT2D eigenvalue weighted by molar-refractivity contribution is 5.80. The Morgan fingerprint density at radius 2 is 0.950 bits per heavy atom. The Morgan fingerprint density at radius 3 is 1.46 bits per heavy atom. The van der Waals surface area contributed by atoms with Gasteiger partial charge < -0.3 is 45.1 Å². The Morgan fingerprint density at radius 1 is 0.512 bits per heavy atom. The Hall–Kier alpha value is -2.90. The average Bonchev–Trinajstić information content (AvgIpc) is 3.48. The van der Waals surface area contributed by atoms with Crippen molar-refractivity contribution in [1.82, 2.24) is 5.32 Å². The number of aliphatic hydroxyl groups is 5. The number of esters is 1. The lowest BCUT2D eigenvalue weighted by molar-refractivity contribution is -0.305. The standard InChI is InChI=1S/C69H123NO10/c1-4-7-10-13-16-19-22-25-27-28-29-30-31-32-33-34-35-37-38-41-44-47-50-53-56-62(73)68(77)70-60(61(72)55-52-49-46-43-40-24-21-18-15-12-9-6-3)59-78-69-67(66(76)65(75)63(58-71)79-69)80-64(74)57-54-51-48-45-42-39-36-26-23-20-17-14-11-8-5-2/h8,11,14,16-17,19-20,23,25,27,52,55,60-63,65-67,69,71-73,75-76H,4-7,9-10,12-13,15,18,21-22,24,26,28-51,53-54,56-59H2,1-3H3,(H,70,77)/b11-8+,17-14+,19-16-,23-20+,27-25-,55-52+. The van der Waals surface area contributed by atoms with Crippen molar-refractivity contribution in [2.24, 2.45) is 0 Å². The number of nitrogens with one attached hydrogen (secondary N) is 1. The van der Waals surface area contributed by atoms with E-state index in [1.807, 2.05) is 12.2 Å². The summed E-state index contributed by atoms with van der Waals surface area (Å²) in [5.41, 5.74) is 0. The minimum absolute atomic E-state index is 0.109. The Kier molecular flexibility index (Phi) is 53.1. The van der Waals surface area contributed by atoms with Gasteiger partial charge in [-0.25, -0.2) is 0 Å². The fourth-order valence-electron chi connectivity index (χ4n) is 10.2. The van der Waals surface area contributed by atoms with E-state index in [1.54, 1.807) is 6.08 Å². The first kappa shape index (κ1) is 75.1. The third-order valence-electron chi connectivity index (χ3n) is 15.4. The lowest BCUT2D eigenvalue weighted by Gasteiger charge is -2.41. The van der Waals surface area contributed by atoms with E-state index in [4.69, 9.17) is 14.2 Å². The molecule has 1 fully saturated rings. The smallest absolute Gasteiger partial charge is 0.306 e. The van der Waals surface area contributed by atoms with Gasteiger partial charge in [-0.15, -0.1) is 0 Å². The molecule has 1 aliphatic heterocycles. The van der Waals surface area contributed by atoms with E-state index in [9.17, 15) is 35.1 Å². The Bertz CT molecular complexity index is 1580. The molecule has 0 radical (unpaired) electrons. The van der Waals surface area contributed by atoms with Gasteiger partial charge >= 0.3 is 5.97 Å². The number of aliphatic hydroxyl groups excluding tert-OH is 5. The largest absolute Gasteiger partial charge is 0.454 e. The normalized spacial score (nSPS) is 19.2. The van der Waals surface area contributed by atoms with Gasteiger partial charge in [-0.05, 0) is 77.0 Å². The van der Waals surface area contributed by atoms with Gasteiger partial charge in [-0.2, -0.15) is 0 Å². The number of ether oxygens (including phenoxy) is 3. The van der Waals surface area contributed by atoms with E-state index in [1.165, 1.54) is 148 Å². The van der Waals surface area contributed by atoms with E-state index in [0.29, 0.717) is 12.8 Å². The van der Waals surface area contributed by atoms with Gasteiger partial charge in [0, 0.05) is 6.42 Å². The minimum Gasteiger partial charge on any atom is -0.454 e. The number of hydrogen-bond donors (Lipinski definition) is 6. The number of allylic oxidation sites excluding steroid dienone is 11. The molecular formula is C69H123NO10. The average molecular weight is 1130 g/mol. The molecule has 464 valence electrons. The van der Waals surface area contributed by atoms with E-state index in [-0.39, 0.29) is 19.4 Å². The molecule has 6 N–H and O–H groups in total. The summed E-state index contributed by atoms with van der Waals surface area (Å²) >= 11 is 0. The lowest BCUT2D eigenvalue weighted by Crippen LogP contribution is -2.61. The van der Waals surface area contributed by atoms with Crippen LogP contribution in [0, 0.1) is 0 Å². The van der Waals surface area contributed by atoms with Crippen molar-refractivity contribution in [2.75, 3.05) is 13.2 Å². The van der Waals surface area contributed by atoms with Crippen LogP contribution in [0.5, 0.6) is 0 Å². The molecule has 1 heterocycles. The van der Waals surface area contributed by atoms with Gasteiger partial charge in [0.2, 0.25) is 5.91 Å². The van der Waals surface area contributed by atoms with Gasteiger partial charge in [-0.1, -0.05) is 280 Å². The zero-order valence-electron chi connectivity index (χ0n) is 51.4. The van der Waals surface area contributed by atoms with Crippen LogP contribution in [0.25, 0.3) is 0 Å². The fraction of sp³-hybridized carbons (Fsp3) is 0.797. The number of carbonyl (C=O) groups is 2. The van der Waals surface area contributed by atoms with Crippen molar-refractivity contribution in [3.63, 3.8) is 0 Å². The molecule has 0 aromatic carbocycles. The van der Waals surface area contributed by atoms with Crippen LogP contribution in [0.4, 0.5) is 0 Å². The monoisotopic (exact) mass is 1130 g/mol. The highest BCUT2D eigenvalue weighted by Crippen LogP contribution is 2.26. The van der Waals surface area contributed by atoms with Crippen LogP contribution >= 0.6 is 0 Å². The molecule has 8 atom stereocenters. The summed E-state index contributed by atoms with van der Waals surface area (Å²) in [7, 11) is 0. The highest BCUT2D eigenvalue weighted by Gasteiger charge is 2.47. The number of carbonyl (C=O) groups excluding carboxylic acids is 2. The summed E-state index contributed by atoms with van der Waals surface area (Å²) in [4.78, 5) is 26.6. The molecule has 0 saturated carbocycles. The Labute approximate surface area is 490 Å². The molecule has 0 aromatic rings. The topological polar surface area (TPSA) is 175 Å². The van der Waals surface area contributed by atoms with Crippen molar-refractivity contribution in [3.05, 3.63) is 72.9 Å². The van der Waals surface area contributed by atoms with Gasteiger partial charge in [0.25, 0.3) is 0 Å². The maximum absolute atomic E-state index is 13.5.